The van der Waals surface area contributed by atoms with E-state index in [2.05, 4.69) is 38.9 Å². The van der Waals surface area contributed by atoms with E-state index in [1.165, 1.54) is 0 Å². The lowest BCUT2D eigenvalue weighted by molar-refractivity contribution is 0.270. The van der Waals surface area contributed by atoms with Gasteiger partial charge in [-0.1, -0.05) is 6.92 Å². The number of aromatic nitrogens is 2. The number of nitrogens with zero attached hydrogens (tertiary/aromatic N) is 4. The topological polar surface area (TPSA) is 44.3 Å². The Labute approximate surface area is 103 Å². The zero-order valence-corrected chi connectivity index (χ0v) is 10.7. The van der Waals surface area contributed by atoms with Gasteiger partial charge in [-0.05, 0) is 13.5 Å². The lowest BCUT2D eigenvalue weighted by atomic mass is 10.3. The summed E-state index contributed by atoms with van der Waals surface area (Å²) in [6.07, 6.45) is 1.64. The van der Waals surface area contributed by atoms with Crippen LogP contribution in [0.1, 0.15) is 13.8 Å². The van der Waals surface area contributed by atoms with Crippen LogP contribution in [0.2, 0.25) is 0 Å². The largest absolute Gasteiger partial charge is 0.370 e. The van der Waals surface area contributed by atoms with Crippen molar-refractivity contribution < 1.29 is 0 Å². The third-order valence-electron chi connectivity index (χ3n) is 3.15. The van der Waals surface area contributed by atoms with Gasteiger partial charge >= 0.3 is 0 Å². The second-order valence-electron chi connectivity index (χ2n) is 4.21. The highest BCUT2D eigenvalue weighted by molar-refractivity contribution is 5.48. The SMILES string of the molecule is CCNc1cc(N2CCN(CC)CC2)ncn1. The van der Waals surface area contributed by atoms with Crippen LogP contribution >= 0.6 is 0 Å². The Bertz CT molecular complexity index is 347. The maximum absolute atomic E-state index is 4.35. The zero-order chi connectivity index (χ0) is 12.1. The molecule has 1 aromatic rings. The van der Waals surface area contributed by atoms with Gasteiger partial charge in [-0.3, -0.25) is 0 Å². The van der Waals surface area contributed by atoms with Gasteiger partial charge in [-0.15, -0.1) is 0 Å². The molecule has 2 heterocycles. The lowest BCUT2D eigenvalue weighted by Gasteiger charge is -2.34. The third kappa shape index (κ3) is 3.06. The number of hydrogen-bond donors (Lipinski definition) is 1. The molecule has 1 saturated heterocycles. The van der Waals surface area contributed by atoms with Gasteiger partial charge in [0.05, 0.1) is 0 Å². The van der Waals surface area contributed by atoms with Crippen molar-refractivity contribution in [2.75, 3.05) is 49.5 Å². The number of hydrogen-bond acceptors (Lipinski definition) is 5. The van der Waals surface area contributed by atoms with Crippen molar-refractivity contribution in [1.82, 2.24) is 14.9 Å². The molecule has 1 fully saturated rings. The van der Waals surface area contributed by atoms with E-state index < -0.39 is 0 Å². The molecule has 0 saturated carbocycles. The van der Waals surface area contributed by atoms with Crippen LogP contribution in [0.25, 0.3) is 0 Å². The van der Waals surface area contributed by atoms with Crippen molar-refractivity contribution in [2.45, 2.75) is 13.8 Å². The van der Waals surface area contributed by atoms with Crippen LogP contribution in [0.15, 0.2) is 12.4 Å². The Balaban J connectivity index is 2.00. The molecule has 1 aliphatic rings. The summed E-state index contributed by atoms with van der Waals surface area (Å²) in [4.78, 5) is 13.3. The zero-order valence-electron chi connectivity index (χ0n) is 10.7. The maximum atomic E-state index is 4.35. The molecule has 0 radical (unpaired) electrons. The second kappa shape index (κ2) is 5.82. The van der Waals surface area contributed by atoms with Crippen LogP contribution in [0, 0.1) is 0 Å². The summed E-state index contributed by atoms with van der Waals surface area (Å²) in [5, 5.41) is 3.22. The summed E-state index contributed by atoms with van der Waals surface area (Å²) in [7, 11) is 0. The van der Waals surface area contributed by atoms with Gasteiger partial charge in [0.2, 0.25) is 0 Å². The number of anilines is 2. The third-order valence-corrected chi connectivity index (χ3v) is 3.15. The minimum atomic E-state index is 0.889. The smallest absolute Gasteiger partial charge is 0.134 e. The first kappa shape index (κ1) is 12.1. The molecule has 0 aromatic carbocycles. The second-order valence-corrected chi connectivity index (χ2v) is 4.21. The first-order chi connectivity index (χ1) is 8.33. The first-order valence-corrected chi connectivity index (χ1v) is 6.36. The fraction of sp³-hybridized carbons (Fsp3) is 0.667. The van der Waals surface area contributed by atoms with Gasteiger partial charge in [-0.2, -0.15) is 0 Å². The molecule has 0 atom stereocenters. The molecule has 0 aliphatic carbocycles. The molecule has 94 valence electrons. The molecular formula is C12H21N5. The van der Waals surface area contributed by atoms with Gasteiger partial charge < -0.3 is 15.1 Å². The van der Waals surface area contributed by atoms with E-state index in [1.54, 1.807) is 6.33 Å². The summed E-state index contributed by atoms with van der Waals surface area (Å²) >= 11 is 0. The summed E-state index contributed by atoms with van der Waals surface area (Å²) < 4.78 is 0. The van der Waals surface area contributed by atoms with Crippen molar-refractivity contribution in [1.29, 1.82) is 0 Å². The normalized spacial score (nSPS) is 17.2. The van der Waals surface area contributed by atoms with E-state index >= 15 is 0 Å². The van der Waals surface area contributed by atoms with Crippen LogP contribution in [0.4, 0.5) is 11.6 Å². The van der Waals surface area contributed by atoms with Gasteiger partial charge in [0.1, 0.15) is 18.0 Å². The predicted octanol–water partition coefficient (Wildman–Crippen LogP) is 1.05. The Morgan fingerprint density at radius 1 is 1.18 bits per heavy atom. The molecule has 1 aromatic heterocycles. The van der Waals surface area contributed by atoms with Crippen LogP contribution in [0.5, 0.6) is 0 Å². The van der Waals surface area contributed by atoms with E-state index in [0.29, 0.717) is 0 Å². The van der Waals surface area contributed by atoms with Crippen LogP contribution < -0.4 is 10.2 Å². The summed E-state index contributed by atoms with van der Waals surface area (Å²) in [5.41, 5.74) is 0. The average Bonchev–Trinajstić information content (AvgIpc) is 2.40. The van der Waals surface area contributed by atoms with Crippen LogP contribution in [-0.4, -0.2) is 54.1 Å². The maximum Gasteiger partial charge on any atom is 0.134 e. The highest BCUT2D eigenvalue weighted by Crippen LogP contribution is 2.15. The van der Waals surface area contributed by atoms with Crippen LogP contribution in [0.3, 0.4) is 0 Å². The molecule has 0 amide bonds. The van der Waals surface area contributed by atoms with E-state index in [4.69, 9.17) is 0 Å². The summed E-state index contributed by atoms with van der Waals surface area (Å²) in [6, 6.07) is 2.03. The lowest BCUT2D eigenvalue weighted by Crippen LogP contribution is -2.46. The average molecular weight is 235 g/mol. The molecule has 2 rings (SSSR count). The van der Waals surface area contributed by atoms with Crippen molar-refractivity contribution >= 4 is 11.6 Å². The van der Waals surface area contributed by atoms with E-state index in [-0.39, 0.29) is 0 Å². The Kier molecular flexibility index (Phi) is 4.14. The van der Waals surface area contributed by atoms with Crippen molar-refractivity contribution in [3.05, 3.63) is 12.4 Å². The quantitative estimate of drug-likeness (QED) is 0.845. The Morgan fingerprint density at radius 3 is 2.59 bits per heavy atom. The Hall–Kier alpha value is -1.36. The van der Waals surface area contributed by atoms with Gasteiger partial charge in [0.25, 0.3) is 0 Å². The number of rotatable bonds is 4. The molecule has 5 heteroatoms. The minimum Gasteiger partial charge on any atom is -0.370 e. The monoisotopic (exact) mass is 235 g/mol. The number of likely N-dealkylation sites (N-methyl/N-ethyl adjacent to an activating group) is 1. The Morgan fingerprint density at radius 2 is 1.94 bits per heavy atom. The highest BCUT2D eigenvalue weighted by atomic mass is 15.3. The molecule has 17 heavy (non-hydrogen) atoms. The van der Waals surface area contributed by atoms with Crippen molar-refractivity contribution in [2.24, 2.45) is 0 Å². The van der Waals surface area contributed by atoms with Crippen LogP contribution in [-0.2, 0) is 0 Å². The minimum absolute atomic E-state index is 0.889. The van der Waals surface area contributed by atoms with E-state index in [0.717, 1.165) is 50.9 Å². The fourth-order valence-electron chi connectivity index (χ4n) is 2.09. The van der Waals surface area contributed by atoms with Gasteiger partial charge in [0, 0.05) is 38.8 Å². The predicted molar refractivity (Wildman–Crippen MR) is 70.5 cm³/mol. The molecule has 0 unspecified atom stereocenters. The molecule has 1 N–H and O–H groups in total. The molecule has 0 spiro atoms. The fourth-order valence-corrected chi connectivity index (χ4v) is 2.09. The van der Waals surface area contributed by atoms with Crippen molar-refractivity contribution in [3.8, 4) is 0 Å². The number of piperazine rings is 1. The highest BCUT2D eigenvalue weighted by Gasteiger charge is 2.16. The summed E-state index contributed by atoms with van der Waals surface area (Å²) in [6.45, 7) is 10.7. The molecule has 5 nitrogen and oxygen atoms in total. The molecule has 0 bridgehead atoms. The first-order valence-electron chi connectivity index (χ1n) is 6.36. The molecular weight excluding hydrogens is 214 g/mol. The van der Waals surface area contributed by atoms with Crippen molar-refractivity contribution in [3.63, 3.8) is 0 Å². The van der Waals surface area contributed by atoms with Gasteiger partial charge in [0.15, 0.2) is 0 Å². The van der Waals surface area contributed by atoms with E-state index in [9.17, 15) is 0 Å². The summed E-state index contributed by atoms with van der Waals surface area (Å²) in [5.74, 6) is 1.95. The van der Waals surface area contributed by atoms with E-state index in [1.807, 2.05) is 6.07 Å². The molecule has 1 aliphatic heterocycles. The van der Waals surface area contributed by atoms with Gasteiger partial charge in [-0.25, -0.2) is 9.97 Å². The number of nitrogens with one attached hydrogen (secondary N) is 1. The standard InChI is InChI=1S/C12H21N5/c1-3-13-11-9-12(15-10-14-11)17-7-5-16(4-2)6-8-17/h9-10H,3-8H2,1-2H3,(H,13,14,15).